The maximum atomic E-state index is 13.6. The van der Waals surface area contributed by atoms with E-state index in [2.05, 4.69) is 36.8 Å². The van der Waals surface area contributed by atoms with Gasteiger partial charge in [0, 0.05) is 4.47 Å². The monoisotopic (exact) mass is 374 g/mol. The van der Waals surface area contributed by atoms with Crippen LogP contribution >= 0.6 is 31.9 Å². The topological polar surface area (TPSA) is 48.1 Å². The molecule has 0 amide bonds. The van der Waals surface area contributed by atoms with Gasteiger partial charge in [-0.1, -0.05) is 15.9 Å². The summed E-state index contributed by atoms with van der Waals surface area (Å²) in [7, 11) is 0. The van der Waals surface area contributed by atoms with Crippen molar-refractivity contribution in [1.29, 1.82) is 0 Å². The molecule has 3 nitrogen and oxygen atoms in total. The predicted octanol–water partition coefficient (Wildman–Crippen LogP) is 4.43. The summed E-state index contributed by atoms with van der Waals surface area (Å²) in [5.74, 6) is -0.0816. The Bertz CT molecular complexity index is 605. The predicted molar refractivity (Wildman–Crippen MR) is 75.3 cm³/mol. The van der Waals surface area contributed by atoms with E-state index in [0.717, 1.165) is 10.0 Å². The van der Waals surface area contributed by atoms with Crippen molar-refractivity contribution in [2.75, 3.05) is 5.73 Å². The molecule has 0 fully saturated rings. The fraction of sp³-hybridized carbons (Fsp3) is 0.0833. The van der Waals surface area contributed by atoms with Crippen molar-refractivity contribution >= 4 is 37.5 Å². The minimum absolute atomic E-state index is 0.0988. The lowest BCUT2D eigenvalue weighted by Crippen LogP contribution is -1.97. The molecule has 0 atom stereocenters. The van der Waals surface area contributed by atoms with Crippen molar-refractivity contribution in [1.82, 2.24) is 4.98 Å². The third-order valence-corrected chi connectivity index (χ3v) is 3.80. The van der Waals surface area contributed by atoms with Gasteiger partial charge in [-0.05, 0) is 46.6 Å². The van der Waals surface area contributed by atoms with Crippen LogP contribution in [0.25, 0.3) is 0 Å². The van der Waals surface area contributed by atoms with Crippen LogP contribution in [0.3, 0.4) is 0 Å². The number of hydrogen-bond acceptors (Lipinski definition) is 3. The van der Waals surface area contributed by atoms with Gasteiger partial charge in [0.05, 0.1) is 16.4 Å². The van der Waals surface area contributed by atoms with Gasteiger partial charge in [-0.25, -0.2) is 9.37 Å². The van der Waals surface area contributed by atoms with Crippen LogP contribution in [0.2, 0.25) is 0 Å². The number of aromatic nitrogens is 1. The Morgan fingerprint density at radius 2 is 2.06 bits per heavy atom. The van der Waals surface area contributed by atoms with E-state index in [9.17, 15) is 4.39 Å². The molecule has 1 aromatic carbocycles. The van der Waals surface area contributed by atoms with Gasteiger partial charge in [0.25, 0.3) is 0 Å². The zero-order chi connectivity index (χ0) is 13.3. The molecule has 0 spiro atoms. The van der Waals surface area contributed by atoms with Crippen molar-refractivity contribution < 1.29 is 9.13 Å². The van der Waals surface area contributed by atoms with Crippen LogP contribution in [0.1, 0.15) is 5.56 Å². The van der Waals surface area contributed by atoms with Gasteiger partial charge in [-0.2, -0.15) is 0 Å². The lowest BCUT2D eigenvalue weighted by molar-refractivity contribution is 0.424. The van der Waals surface area contributed by atoms with Crippen LogP contribution in [0.15, 0.2) is 33.3 Å². The molecule has 2 N–H and O–H groups in total. The summed E-state index contributed by atoms with van der Waals surface area (Å²) in [6, 6.07) is 4.45. The maximum Gasteiger partial charge on any atom is 0.234 e. The molecule has 0 aliphatic heterocycles. The van der Waals surface area contributed by atoms with Crippen molar-refractivity contribution in [2.24, 2.45) is 0 Å². The molecule has 2 aromatic rings. The summed E-state index contributed by atoms with van der Waals surface area (Å²) in [4.78, 5) is 4.03. The Labute approximate surface area is 120 Å². The van der Waals surface area contributed by atoms with Crippen LogP contribution in [0.4, 0.5) is 10.1 Å². The molecule has 0 saturated heterocycles. The molecule has 0 unspecified atom stereocenters. The Hall–Kier alpha value is -1.14. The third kappa shape index (κ3) is 2.64. The number of ether oxygens (including phenoxy) is 1. The molecule has 1 aromatic heterocycles. The average molecular weight is 376 g/mol. The second-order valence-electron chi connectivity index (χ2n) is 3.63. The van der Waals surface area contributed by atoms with E-state index in [1.54, 1.807) is 6.07 Å². The summed E-state index contributed by atoms with van der Waals surface area (Å²) in [6.07, 6.45) is 1.48. The first-order valence-electron chi connectivity index (χ1n) is 5.02. The minimum Gasteiger partial charge on any atom is -0.435 e. The van der Waals surface area contributed by atoms with Crippen molar-refractivity contribution in [3.8, 4) is 11.6 Å². The zero-order valence-electron chi connectivity index (χ0n) is 9.38. The van der Waals surface area contributed by atoms with E-state index in [1.807, 2.05) is 6.92 Å². The van der Waals surface area contributed by atoms with Gasteiger partial charge in [0.15, 0.2) is 11.6 Å². The number of anilines is 1. The van der Waals surface area contributed by atoms with E-state index in [-0.39, 0.29) is 11.6 Å². The largest absolute Gasteiger partial charge is 0.435 e. The van der Waals surface area contributed by atoms with Crippen molar-refractivity contribution in [3.05, 3.63) is 44.7 Å². The van der Waals surface area contributed by atoms with Gasteiger partial charge >= 0.3 is 0 Å². The van der Waals surface area contributed by atoms with E-state index >= 15 is 0 Å². The minimum atomic E-state index is -0.457. The summed E-state index contributed by atoms with van der Waals surface area (Å²) < 4.78 is 20.3. The lowest BCUT2D eigenvalue weighted by atomic mass is 10.2. The Balaban J connectivity index is 2.40. The molecular weight excluding hydrogens is 367 g/mol. The highest BCUT2D eigenvalue weighted by atomic mass is 79.9. The molecule has 0 aliphatic rings. The smallest absolute Gasteiger partial charge is 0.234 e. The second-order valence-corrected chi connectivity index (χ2v) is 5.34. The first-order valence-corrected chi connectivity index (χ1v) is 6.61. The second kappa shape index (κ2) is 5.24. The number of pyridine rings is 1. The molecule has 0 radical (unpaired) electrons. The fourth-order valence-electron chi connectivity index (χ4n) is 1.30. The number of benzene rings is 1. The number of nitrogens with two attached hydrogens (primary N) is 1. The van der Waals surface area contributed by atoms with Crippen LogP contribution in [0, 0.1) is 12.7 Å². The van der Waals surface area contributed by atoms with E-state index < -0.39 is 5.82 Å². The van der Waals surface area contributed by atoms with Crippen LogP contribution < -0.4 is 10.5 Å². The van der Waals surface area contributed by atoms with Crippen LogP contribution in [-0.2, 0) is 0 Å². The standard InChI is InChI=1S/C12H9Br2FN2O/c1-6-9(16)5-17-12(11(6)14)18-10-4-7(13)2-3-8(10)15/h2-5H,16H2,1H3. The fourth-order valence-corrected chi connectivity index (χ4v) is 2.05. The van der Waals surface area contributed by atoms with Crippen LogP contribution in [0.5, 0.6) is 11.6 Å². The highest BCUT2D eigenvalue weighted by molar-refractivity contribution is 9.10. The van der Waals surface area contributed by atoms with Gasteiger partial charge < -0.3 is 10.5 Å². The van der Waals surface area contributed by atoms with Crippen LogP contribution in [-0.4, -0.2) is 4.98 Å². The number of nitrogens with zero attached hydrogens (tertiary/aromatic N) is 1. The highest BCUT2D eigenvalue weighted by Gasteiger charge is 2.12. The molecule has 0 aliphatic carbocycles. The van der Waals surface area contributed by atoms with E-state index in [0.29, 0.717) is 10.2 Å². The summed E-state index contributed by atoms with van der Waals surface area (Å²) in [5, 5.41) is 0. The van der Waals surface area contributed by atoms with Crippen molar-refractivity contribution in [2.45, 2.75) is 6.92 Å². The molecule has 0 saturated carbocycles. The van der Waals surface area contributed by atoms with E-state index in [4.69, 9.17) is 10.5 Å². The third-order valence-electron chi connectivity index (χ3n) is 2.37. The first kappa shape index (κ1) is 13.3. The van der Waals surface area contributed by atoms with Gasteiger partial charge in [0.1, 0.15) is 0 Å². The Morgan fingerprint density at radius 1 is 1.33 bits per heavy atom. The van der Waals surface area contributed by atoms with Gasteiger partial charge in [-0.15, -0.1) is 0 Å². The van der Waals surface area contributed by atoms with Gasteiger partial charge in [-0.3, -0.25) is 0 Å². The molecule has 0 bridgehead atoms. The molecular formula is C12H9Br2FN2O. The number of halogens is 3. The van der Waals surface area contributed by atoms with E-state index in [1.165, 1.54) is 18.3 Å². The van der Waals surface area contributed by atoms with Gasteiger partial charge in [0.2, 0.25) is 5.88 Å². The lowest BCUT2D eigenvalue weighted by Gasteiger charge is -2.10. The number of hydrogen-bond donors (Lipinski definition) is 1. The average Bonchev–Trinajstić information content (AvgIpc) is 2.34. The summed E-state index contributed by atoms with van der Waals surface area (Å²) in [5.41, 5.74) is 7.05. The number of rotatable bonds is 2. The quantitative estimate of drug-likeness (QED) is 0.844. The maximum absolute atomic E-state index is 13.6. The SMILES string of the molecule is Cc1c(N)cnc(Oc2cc(Br)ccc2F)c1Br. The zero-order valence-corrected chi connectivity index (χ0v) is 12.5. The first-order chi connectivity index (χ1) is 8.49. The molecule has 1 heterocycles. The summed E-state index contributed by atoms with van der Waals surface area (Å²) >= 11 is 6.59. The molecule has 94 valence electrons. The molecule has 18 heavy (non-hydrogen) atoms. The Morgan fingerprint density at radius 3 is 2.78 bits per heavy atom. The Kier molecular flexibility index (Phi) is 3.87. The normalized spacial score (nSPS) is 10.4. The number of nitrogen functional groups attached to an aromatic ring is 1. The highest BCUT2D eigenvalue weighted by Crippen LogP contribution is 2.34. The van der Waals surface area contributed by atoms with Crippen molar-refractivity contribution in [3.63, 3.8) is 0 Å². The summed E-state index contributed by atoms with van der Waals surface area (Å²) in [6.45, 7) is 1.82. The molecule has 2 rings (SSSR count). The molecule has 6 heteroatoms.